The monoisotopic (exact) mass is 781 g/mol. The maximum Gasteiger partial charge on any atom is 0.250 e. The second-order valence-electron chi connectivity index (χ2n) is 20.3. The molecule has 1 aromatic carbocycles. The highest BCUT2D eigenvalue weighted by Gasteiger charge is 2.63. The van der Waals surface area contributed by atoms with Gasteiger partial charge in [0.25, 0.3) is 0 Å². The molecule has 7 heteroatoms. The van der Waals surface area contributed by atoms with Crippen LogP contribution in [0.15, 0.2) is 18.2 Å². The zero-order valence-corrected chi connectivity index (χ0v) is 37.2. The summed E-state index contributed by atoms with van der Waals surface area (Å²) in [6.45, 7) is 17.4. The molecule has 2 saturated heterocycles. The van der Waals surface area contributed by atoms with Crippen LogP contribution >= 0.6 is 0 Å². The normalized spacial score (nSPS) is 31.2. The number of Topliss-reactive ketones (excluding diaryl/α,β-unsaturated/α-hetero) is 1. The van der Waals surface area contributed by atoms with Crippen molar-refractivity contribution in [2.45, 2.75) is 212 Å². The van der Waals surface area contributed by atoms with E-state index in [9.17, 15) is 0 Å². The van der Waals surface area contributed by atoms with E-state index >= 15 is 4.79 Å². The van der Waals surface area contributed by atoms with Crippen molar-refractivity contribution in [1.82, 2.24) is 0 Å². The van der Waals surface area contributed by atoms with E-state index in [0.717, 1.165) is 96.4 Å². The van der Waals surface area contributed by atoms with Gasteiger partial charge in [-0.05, 0) is 155 Å². The van der Waals surface area contributed by atoms with Crippen molar-refractivity contribution < 1.29 is 28.2 Å². The predicted octanol–water partition coefficient (Wildman–Crippen LogP) is 12.9. The Morgan fingerprint density at radius 3 is 1.91 bits per heavy atom. The van der Waals surface area contributed by atoms with Crippen LogP contribution < -0.4 is 4.43 Å². The molecule has 2 heterocycles. The van der Waals surface area contributed by atoms with Gasteiger partial charge in [0.15, 0.2) is 12.6 Å². The molecule has 0 radical (unpaired) electrons. The van der Waals surface area contributed by atoms with E-state index in [1.807, 2.05) is 0 Å². The first-order valence-corrected chi connectivity index (χ1v) is 26.2. The van der Waals surface area contributed by atoms with Gasteiger partial charge in [-0.3, -0.25) is 4.79 Å². The van der Waals surface area contributed by atoms with E-state index in [1.54, 1.807) is 5.56 Å². The number of carbonyl (C=O) groups is 1. The topological polar surface area (TPSA) is 63.2 Å². The van der Waals surface area contributed by atoms with E-state index in [-0.39, 0.29) is 28.4 Å². The van der Waals surface area contributed by atoms with Crippen molar-refractivity contribution in [3.63, 3.8) is 0 Å². The van der Waals surface area contributed by atoms with Gasteiger partial charge in [0.1, 0.15) is 11.5 Å². The molecule has 2 saturated carbocycles. The number of aryl methyl sites for hydroxylation is 1. The van der Waals surface area contributed by atoms with Crippen LogP contribution in [0.2, 0.25) is 18.1 Å². The molecule has 312 valence electrons. The number of fused-ring (bicyclic) bond motifs is 5. The Morgan fingerprint density at radius 1 is 0.764 bits per heavy atom. The lowest BCUT2D eigenvalue weighted by molar-refractivity contribution is -0.163. The van der Waals surface area contributed by atoms with Gasteiger partial charge in [0.05, 0.1) is 0 Å². The van der Waals surface area contributed by atoms with Crippen LogP contribution in [0.5, 0.6) is 5.75 Å². The van der Waals surface area contributed by atoms with Gasteiger partial charge in [-0.1, -0.05) is 85.1 Å². The number of hydrogen-bond acceptors (Lipinski definition) is 6. The number of benzene rings is 1. The Morgan fingerprint density at radius 2 is 1.35 bits per heavy atom. The molecular formula is C48H80O6Si. The minimum Gasteiger partial charge on any atom is -0.543 e. The second kappa shape index (κ2) is 19.7. The Kier molecular flexibility index (Phi) is 15.5. The molecule has 1 aromatic rings. The Hall–Kier alpha value is -1.25. The van der Waals surface area contributed by atoms with Gasteiger partial charge in [0.2, 0.25) is 8.32 Å². The van der Waals surface area contributed by atoms with Crippen molar-refractivity contribution in [2.75, 3.05) is 26.4 Å². The fourth-order valence-electron chi connectivity index (χ4n) is 11.0. The van der Waals surface area contributed by atoms with Gasteiger partial charge in [-0.15, -0.1) is 0 Å². The summed E-state index contributed by atoms with van der Waals surface area (Å²) in [6.07, 6.45) is 26.6. The minimum absolute atomic E-state index is 0.0208. The molecule has 0 aromatic heterocycles. The van der Waals surface area contributed by atoms with E-state index in [2.05, 4.69) is 59.0 Å². The highest BCUT2D eigenvalue weighted by Crippen LogP contribution is 2.65. The van der Waals surface area contributed by atoms with Crippen LogP contribution in [0.1, 0.15) is 186 Å². The number of ketones is 1. The van der Waals surface area contributed by atoms with Gasteiger partial charge in [-0.25, -0.2) is 0 Å². The van der Waals surface area contributed by atoms with Crippen molar-refractivity contribution >= 4 is 14.1 Å². The Balaban J connectivity index is 1.04. The van der Waals surface area contributed by atoms with Crippen molar-refractivity contribution in [3.05, 3.63) is 29.3 Å². The summed E-state index contributed by atoms with van der Waals surface area (Å²) in [6, 6.07) is 7.07. The van der Waals surface area contributed by atoms with Crippen LogP contribution in [-0.4, -0.2) is 53.1 Å². The highest BCUT2D eigenvalue weighted by atomic mass is 28.4. The largest absolute Gasteiger partial charge is 0.543 e. The van der Waals surface area contributed by atoms with E-state index in [0.29, 0.717) is 23.5 Å². The molecule has 4 fully saturated rings. The third kappa shape index (κ3) is 10.9. The molecule has 0 spiro atoms. The molecule has 6 nitrogen and oxygen atoms in total. The Labute approximate surface area is 337 Å². The summed E-state index contributed by atoms with van der Waals surface area (Å²) in [5, 5.41) is 0.182. The molecule has 3 aliphatic carbocycles. The molecule has 6 rings (SSSR count). The molecule has 5 aliphatic rings. The predicted molar refractivity (Wildman–Crippen MR) is 226 cm³/mol. The van der Waals surface area contributed by atoms with Crippen LogP contribution in [0, 0.1) is 22.7 Å². The average molecular weight is 781 g/mol. The standard InChI is InChI=1S/C48H80O6Si/c1-46(2,3)55(5,6)54-38-24-26-39-37(35-38)23-25-41-40(39)27-30-47(4)42(41)36-48(45(47)49,28-15-9-7-11-17-31-50-43-21-13-19-33-52-43)29-16-10-8-12-18-32-51-44-22-14-20-34-53-44/h24,26,35,40-44H,7-23,25,27-34,36H2,1-6H3/t40-,41-,42+,43?,44?,47+,48?/m1/s1. The number of unbranched alkanes of at least 4 members (excludes halogenated alkanes) is 8. The number of hydrogen-bond donors (Lipinski definition) is 0. The minimum atomic E-state index is -1.89. The molecule has 2 aliphatic heterocycles. The van der Waals surface area contributed by atoms with Crippen LogP contribution in [-0.2, 0) is 30.2 Å². The van der Waals surface area contributed by atoms with E-state index in [4.69, 9.17) is 23.4 Å². The van der Waals surface area contributed by atoms with Crippen LogP contribution in [0.25, 0.3) is 0 Å². The summed E-state index contributed by atoms with van der Waals surface area (Å²) in [5.74, 6) is 3.42. The fourth-order valence-corrected chi connectivity index (χ4v) is 12.1. The molecule has 55 heavy (non-hydrogen) atoms. The van der Waals surface area contributed by atoms with Gasteiger partial charge in [-0.2, -0.15) is 0 Å². The first-order valence-electron chi connectivity index (χ1n) is 23.3. The smallest absolute Gasteiger partial charge is 0.250 e. The number of rotatable bonds is 20. The lowest BCUT2D eigenvalue weighted by Gasteiger charge is -2.48. The molecule has 0 bridgehead atoms. The molecule has 0 amide bonds. The summed E-state index contributed by atoms with van der Waals surface area (Å²) in [4.78, 5) is 15.0. The van der Waals surface area contributed by atoms with Gasteiger partial charge >= 0.3 is 0 Å². The third-order valence-electron chi connectivity index (χ3n) is 15.4. The molecule has 0 N–H and O–H groups in total. The van der Waals surface area contributed by atoms with E-state index in [1.165, 1.54) is 89.0 Å². The van der Waals surface area contributed by atoms with Crippen LogP contribution in [0.4, 0.5) is 0 Å². The van der Waals surface area contributed by atoms with Crippen molar-refractivity contribution in [3.8, 4) is 5.75 Å². The molecular weight excluding hydrogens is 701 g/mol. The first-order chi connectivity index (χ1) is 26.4. The fraction of sp³-hybridized carbons (Fsp3) is 0.854. The first kappa shape index (κ1) is 43.3. The zero-order chi connectivity index (χ0) is 38.9. The summed E-state index contributed by atoms with van der Waals surface area (Å²) in [7, 11) is -1.89. The lowest BCUT2D eigenvalue weighted by atomic mass is 9.55. The van der Waals surface area contributed by atoms with Crippen LogP contribution in [0.3, 0.4) is 0 Å². The Bertz CT molecular complexity index is 1310. The highest BCUT2D eigenvalue weighted by molar-refractivity contribution is 6.74. The molecule has 2 unspecified atom stereocenters. The third-order valence-corrected chi connectivity index (χ3v) is 19.7. The van der Waals surface area contributed by atoms with Crippen molar-refractivity contribution in [1.29, 1.82) is 0 Å². The summed E-state index contributed by atoms with van der Waals surface area (Å²) < 4.78 is 30.3. The zero-order valence-electron chi connectivity index (χ0n) is 36.2. The SMILES string of the molecule is CC(C)(C)[Si](C)(C)Oc1ccc2c(c1)CC[C@@H]1[C@@H]2CC[C@]2(C)C(=O)C(CCCCCCCOC3CCCCO3)(CCCCCCCOC3CCCCO3)C[C@@H]12. The van der Waals surface area contributed by atoms with Gasteiger partial charge in [0, 0.05) is 37.3 Å². The van der Waals surface area contributed by atoms with Crippen molar-refractivity contribution in [2.24, 2.45) is 22.7 Å². The maximum atomic E-state index is 15.0. The summed E-state index contributed by atoms with van der Waals surface area (Å²) >= 11 is 0. The second-order valence-corrected chi connectivity index (χ2v) is 25.0. The lowest BCUT2D eigenvalue weighted by Crippen LogP contribution is -2.44. The average Bonchev–Trinajstić information content (AvgIpc) is 3.39. The number of ether oxygens (including phenoxy) is 4. The van der Waals surface area contributed by atoms with Gasteiger partial charge < -0.3 is 23.4 Å². The quantitative estimate of drug-likeness (QED) is 0.0970. The maximum absolute atomic E-state index is 15.0. The van der Waals surface area contributed by atoms with E-state index < -0.39 is 8.32 Å². The summed E-state index contributed by atoms with van der Waals surface area (Å²) in [5.41, 5.74) is 2.76. The molecule has 6 atom stereocenters. The number of carbonyl (C=O) groups excluding carboxylic acids is 1.